The standard InChI is InChI=1S/C14H19N5O2/c1-15-13(20)11-5-9-7-19(8-12(9)18(11)2)14(21)10-6-16-3-4-17-10/h3-4,6,9,11-12H,5,7-8H2,1-2H3,(H,15,20)/t9-,11-,12+/m0/s1. The molecule has 3 rings (SSSR count). The van der Waals surface area contributed by atoms with Crippen molar-refractivity contribution >= 4 is 11.8 Å². The van der Waals surface area contributed by atoms with Gasteiger partial charge in [-0.3, -0.25) is 19.5 Å². The molecule has 7 heteroatoms. The zero-order valence-corrected chi connectivity index (χ0v) is 12.2. The first kappa shape index (κ1) is 13.9. The predicted octanol–water partition coefficient (Wildman–Crippen LogP) is -0.633. The average molecular weight is 289 g/mol. The van der Waals surface area contributed by atoms with Crippen LogP contribution in [0.15, 0.2) is 18.6 Å². The molecule has 0 bridgehead atoms. The molecule has 1 aromatic rings. The molecule has 0 aromatic carbocycles. The third kappa shape index (κ3) is 2.37. The van der Waals surface area contributed by atoms with E-state index in [9.17, 15) is 9.59 Å². The van der Waals surface area contributed by atoms with Crippen LogP contribution in [-0.2, 0) is 4.79 Å². The Hall–Kier alpha value is -2.02. The topological polar surface area (TPSA) is 78.4 Å². The third-order valence-corrected chi connectivity index (χ3v) is 4.57. The summed E-state index contributed by atoms with van der Waals surface area (Å²) in [7, 11) is 3.62. The molecule has 2 fully saturated rings. The van der Waals surface area contributed by atoms with Gasteiger partial charge in [0, 0.05) is 38.6 Å². The maximum Gasteiger partial charge on any atom is 0.274 e. The number of aromatic nitrogens is 2. The van der Waals surface area contributed by atoms with Crippen molar-refractivity contribution in [3.8, 4) is 0 Å². The summed E-state index contributed by atoms with van der Waals surface area (Å²) in [6.45, 7) is 1.32. The molecule has 7 nitrogen and oxygen atoms in total. The SMILES string of the molecule is CNC(=O)[C@@H]1C[C@H]2CN(C(=O)c3cnccn3)C[C@H]2N1C. The van der Waals surface area contributed by atoms with Crippen molar-refractivity contribution in [1.82, 2.24) is 25.1 Å². The Labute approximate surface area is 123 Å². The van der Waals surface area contributed by atoms with Crippen molar-refractivity contribution in [2.24, 2.45) is 5.92 Å². The monoisotopic (exact) mass is 289 g/mol. The van der Waals surface area contributed by atoms with Crippen molar-refractivity contribution in [1.29, 1.82) is 0 Å². The zero-order chi connectivity index (χ0) is 15.0. The van der Waals surface area contributed by atoms with Crippen LogP contribution in [0, 0.1) is 5.92 Å². The zero-order valence-electron chi connectivity index (χ0n) is 12.2. The molecule has 1 N–H and O–H groups in total. The lowest BCUT2D eigenvalue weighted by Gasteiger charge is -2.25. The Kier molecular flexibility index (Phi) is 3.59. The van der Waals surface area contributed by atoms with Crippen LogP contribution in [0.4, 0.5) is 0 Å². The van der Waals surface area contributed by atoms with E-state index in [-0.39, 0.29) is 23.9 Å². The summed E-state index contributed by atoms with van der Waals surface area (Å²) in [5.41, 5.74) is 0.378. The van der Waals surface area contributed by atoms with E-state index >= 15 is 0 Å². The molecule has 0 aliphatic carbocycles. The summed E-state index contributed by atoms with van der Waals surface area (Å²) in [6.07, 6.45) is 5.37. The minimum absolute atomic E-state index is 0.0544. The second-order valence-corrected chi connectivity index (χ2v) is 5.66. The normalized spacial score (nSPS) is 28.5. The highest BCUT2D eigenvalue weighted by atomic mass is 16.2. The van der Waals surface area contributed by atoms with Crippen LogP contribution in [0.3, 0.4) is 0 Å². The Bertz CT molecular complexity index is 550. The van der Waals surface area contributed by atoms with E-state index in [1.165, 1.54) is 12.4 Å². The van der Waals surface area contributed by atoms with E-state index in [0.29, 0.717) is 24.7 Å². The van der Waals surface area contributed by atoms with E-state index in [4.69, 9.17) is 0 Å². The van der Waals surface area contributed by atoms with Gasteiger partial charge < -0.3 is 10.2 Å². The number of carbonyl (C=O) groups excluding carboxylic acids is 2. The molecule has 2 aliphatic heterocycles. The number of fused-ring (bicyclic) bond motifs is 1. The van der Waals surface area contributed by atoms with Gasteiger partial charge in [-0.05, 0) is 19.4 Å². The van der Waals surface area contributed by atoms with Crippen LogP contribution < -0.4 is 5.32 Å². The molecule has 2 amide bonds. The molecular formula is C14H19N5O2. The molecule has 2 saturated heterocycles. The van der Waals surface area contributed by atoms with Gasteiger partial charge in [0.15, 0.2) is 0 Å². The summed E-state index contributed by atoms with van der Waals surface area (Å²) < 4.78 is 0. The first-order chi connectivity index (χ1) is 10.1. The average Bonchev–Trinajstić information content (AvgIpc) is 3.06. The molecule has 3 atom stereocenters. The van der Waals surface area contributed by atoms with Crippen molar-refractivity contribution in [2.45, 2.75) is 18.5 Å². The molecule has 0 unspecified atom stereocenters. The Morgan fingerprint density at radius 3 is 2.76 bits per heavy atom. The quantitative estimate of drug-likeness (QED) is 0.784. The molecular weight excluding hydrogens is 270 g/mol. The second kappa shape index (κ2) is 5.40. The highest BCUT2D eigenvalue weighted by molar-refractivity contribution is 5.92. The van der Waals surface area contributed by atoms with E-state index in [2.05, 4.69) is 20.2 Å². The number of likely N-dealkylation sites (N-methyl/N-ethyl adjacent to an activating group) is 2. The summed E-state index contributed by atoms with van der Waals surface area (Å²) in [6, 6.07) is 0.159. The molecule has 3 heterocycles. The Morgan fingerprint density at radius 2 is 2.14 bits per heavy atom. The lowest BCUT2D eigenvalue weighted by atomic mass is 10.0. The van der Waals surface area contributed by atoms with Crippen LogP contribution in [0.25, 0.3) is 0 Å². The molecule has 112 valence electrons. The van der Waals surface area contributed by atoms with Crippen molar-refractivity contribution in [3.63, 3.8) is 0 Å². The van der Waals surface area contributed by atoms with Crippen molar-refractivity contribution in [3.05, 3.63) is 24.3 Å². The van der Waals surface area contributed by atoms with E-state index in [1.807, 2.05) is 11.9 Å². The molecule has 2 aliphatic rings. The number of hydrogen-bond acceptors (Lipinski definition) is 5. The Balaban J connectivity index is 1.69. The number of likely N-dealkylation sites (tertiary alicyclic amines) is 2. The van der Waals surface area contributed by atoms with Gasteiger partial charge in [-0.25, -0.2) is 4.98 Å². The smallest absolute Gasteiger partial charge is 0.274 e. The highest BCUT2D eigenvalue weighted by Gasteiger charge is 2.48. The fourth-order valence-electron chi connectivity index (χ4n) is 3.43. The highest BCUT2D eigenvalue weighted by Crippen LogP contribution is 2.34. The largest absolute Gasteiger partial charge is 0.358 e. The van der Waals surface area contributed by atoms with Gasteiger partial charge in [0.25, 0.3) is 5.91 Å². The minimum atomic E-state index is -0.0845. The van der Waals surface area contributed by atoms with Gasteiger partial charge >= 0.3 is 0 Å². The lowest BCUT2D eigenvalue weighted by Crippen LogP contribution is -2.45. The number of amides is 2. The van der Waals surface area contributed by atoms with Crippen molar-refractivity contribution in [2.75, 3.05) is 27.2 Å². The minimum Gasteiger partial charge on any atom is -0.358 e. The number of hydrogen-bond donors (Lipinski definition) is 1. The Morgan fingerprint density at radius 1 is 1.33 bits per heavy atom. The summed E-state index contributed by atoms with van der Waals surface area (Å²) in [5.74, 6) is 0.319. The van der Waals surface area contributed by atoms with E-state index in [1.54, 1.807) is 13.2 Å². The summed E-state index contributed by atoms with van der Waals surface area (Å²) >= 11 is 0. The predicted molar refractivity (Wildman–Crippen MR) is 75.4 cm³/mol. The summed E-state index contributed by atoms with van der Waals surface area (Å²) in [4.78, 5) is 36.1. The first-order valence-corrected chi connectivity index (χ1v) is 7.10. The molecule has 21 heavy (non-hydrogen) atoms. The van der Waals surface area contributed by atoms with Gasteiger partial charge in [-0.2, -0.15) is 0 Å². The van der Waals surface area contributed by atoms with Crippen molar-refractivity contribution < 1.29 is 9.59 Å². The van der Waals surface area contributed by atoms with Crippen LogP contribution >= 0.6 is 0 Å². The fraction of sp³-hybridized carbons (Fsp3) is 0.571. The number of nitrogens with zero attached hydrogens (tertiary/aromatic N) is 4. The third-order valence-electron chi connectivity index (χ3n) is 4.57. The molecule has 0 saturated carbocycles. The maximum atomic E-state index is 12.4. The number of rotatable bonds is 2. The van der Waals surface area contributed by atoms with Crippen LogP contribution in [0.1, 0.15) is 16.9 Å². The van der Waals surface area contributed by atoms with Gasteiger partial charge in [-0.15, -0.1) is 0 Å². The summed E-state index contributed by atoms with van der Waals surface area (Å²) in [5, 5.41) is 2.71. The number of nitrogens with one attached hydrogen (secondary N) is 1. The van der Waals surface area contributed by atoms with Crippen LogP contribution in [0.2, 0.25) is 0 Å². The van der Waals surface area contributed by atoms with E-state index in [0.717, 1.165) is 6.42 Å². The first-order valence-electron chi connectivity index (χ1n) is 7.10. The van der Waals surface area contributed by atoms with Gasteiger partial charge in [-0.1, -0.05) is 0 Å². The molecule has 0 spiro atoms. The molecule has 1 aromatic heterocycles. The van der Waals surface area contributed by atoms with Crippen LogP contribution in [-0.4, -0.2) is 70.9 Å². The van der Waals surface area contributed by atoms with Gasteiger partial charge in [0.1, 0.15) is 5.69 Å². The second-order valence-electron chi connectivity index (χ2n) is 5.66. The number of carbonyl (C=O) groups is 2. The van der Waals surface area contributed by atoms with Gasteiger partial charge in [0.2, 0.25) is 5.91 Å². The molecule has 0 radical (unpaired) electrons. The fourth-order valence-corrected chi connectivity index (χ4v) is 3.43. The van der Waals surface area contributed by atoms with Crippen LogP contribution in [0.5, 0.6) is 0 Å². The van der Waals surface area contributed by atoms with Gasteiger partial charge in [0.05, 0.1) is 12.2 Å². The maximum absolute atomic E-state index is 12.4. The van der Waals surface area contributed by atoms with E-state index < -0.39 is 0 Å². The lowest BCUT2D eigenvalue weighted by molar-refractivity contribution is -0.125.